The maximum Gasteiger partial charge on any atom is 0.338 e. The SMILES string of the molecule is CCC(OC(=O)c1ccc2ocnc2c1)C(=O)Nc1nc(-c2cccc(OC)c2)cs1. The van der Waals surface area contributed by atoms with Crippen LogP contribution in [0.4, 0.5) is 5.13 Å². The van der Waals surface area contributed by atoms with Crippen LogP contribution in [0.3, 0.4) is 0 Å². The van der Waals surface area contributed by atoms with Crippen molar-refractivity contribution in [2.45, 2.75) is 19.4 Å². The molecule has 4 aromatic rings. The first-order valence-electron chi connectivity index (χ1n) is 9.52. The number of amides is 1. The van der Waals surface area contributed by atoms with Crippen LogP contribution in [0.1, 0.15) is 23.7 Å². The standard InChI is InChI=1S/C22H19N3O5S/c1-3-18(30-21(27)14-7-8-19-16(10-14)23-12-29-19)20(26)25-22-24-17(11-31-22)13-5-4-6-15(9-13)28-2/h4-12,18H,3H2,1-2H3,(H,24,25,26). The Bertz CT molecular complexity index is 1230. The molecule has 2 heterocycles. The van der Waals surface area contributed by atoms with Gasteiger partial charge in [0.2, 0.25) is 0 Å². The highest BCUT2D eigenvalue weighted by molar-refractivity contribution is 7.14. The molecule has 0 saturated heterocycles. The summed E-state index contributed by atoms with van der Waals surface area (Å²) >= 11 is 1.29. The number of rotatable bonds is 7. The quantitative estimate of drug-likeness (QED) is 0.424. The number of anilines is 1. The number of oxazole rings is 1. The number of hydrogen-bond acceptors (Lipinski definition) is 8. The monoisotopic (exact) mass is 437 g/mol. The highest BCUT2D eigenvalue weighted by atomic mass is 32.1. The number of hydrogen-bond donors (Lipinski definition) is 1. The number of nitrogens with one attached hydrogen (secondary N) is 1. The molecule has 0 aliphatic heterocycles. The fourth-order valence-corrected chi connectivity index (χ4v) is 3.66. The average molecular weight is 437 g/mol. The highest BCUT2D eigenvalue weighted by Gasteiger charge is 2.23. The summed E-state index contributed by atoms with van der Waals surface area (Å²) in [6.45, 7) is 1.77. The van der Waals surface area contributed by atoms with Crippen molar-refractivity contribution in [3.63, 3.8) is 0 Å². The second-order valence-corrected chi connectivity index (χ2v) is 7.45. The van der Waals surface area contributed by atoms with Crippen molar-refractivity contribution < 1.29 is 23.5 Å². The van der Waals surface area contributed by atoms with Gasteiger partial charge in [0.15, 0.2) is 23.2 Å². The third-order valence-electron chi connectivity index (χ3n) is 4.58. The molecule has 1 unspecified atom stereocenters. The molecule has 0 aliphatic carbocycles. The highest BCUT2D eigenvalue weighted by Crippen LogP contribution is 2.27. The zero-order valence-electron chi connectivity index (χ0n) is 16.8. The second-order valence-electron chi connectivity index (χ2n) is 6.60. The molecule has 8 nitrogen and oxygen atoms in total. The smallest absolute Gasteiger partial charge is 0.338 e. The lowest BCUT2D eigenvalue weighted by Crippen LogP contribution is -2.32. The van der Waals surface area contributed by atoms with E-state index in [0.717, 1.165) is 11.3 Å². The molecule has 0 bridgehead atoms. The van der Waals surface area contributed by atoms with Gasteiger partial charge in [-0.25, -0.2) is 14.8 Å². The first kappa shape index (κ1) is 20.5. The van der Waals surface area contributed by atoms with E-state index in [-0.39, 0.29) is 0 Å². The number of benzene rings is 2. The van der Waals surface area contributed by atoms with Crippen LogP contribution in [0, 0.1) is 0 Å². The van der Waals surface area contributed by atoms with E-state index in [9.17, 15) is 9.59 Å². The lowest BCUT2D eigenvalue weighted by atomic mass is 10.2. The number of carbonyl (C=O) groups excluding carboxylic acids is 2. The minimum absolute atomic E-state index is 0.294. The van der Waals surface area contributed by atoms with Crippen molar-refractivity contribution in [3.05, 3.63) is 59.8 Å². The van der Waals surface area contributed by atoms with E-state index in [4.69, 9.17) is 13.9 Å². The fourth-order valence-electron chi connectivity index (χ4n) is 2.94. The number of carbonyl (C=O) groups is 2. The first-order chi connectivity index (χ1) is 15.1. The Kier molecular flexibility index (Phi) is 5.94. The largest absolute Gasteiger partial charge is 0.497 e. The molecule has 1 N–H and O–H groups in total. The van der Waals surface area contributed by atoms with Crippen molar-refractivity contribution >= 4 is 39.4 Å². The van der Waals surface area contributed by atoms with Crippen LogP contribution in [0.15, 0.2) is 58.7 Å². The summed E-state index contributed by atoms with van der Waals surface area (Å²) in [5, 5.41) is 4.98. The van der Waals surface area contributed by atoms with Gasteiger partial charge in [0.1, 0.15) is 11.3 Å². The maximum atomic E-state index is 12.7. The van der Waals surface area contributed by atoms with Crippen LogP contribution in [-0.2, 0) is 9.53 Å². The second kappa shape index (κ2) is 8.97. The van der Waals surface area contributed by atoms with Gasteiger partial charge < -0.3 is 13.9 Å². The number of aromatic nitrogens is 2. The number of esters is 1. The van der Waals surface area contributed by atoms with Crippen LogP contribution >= 0.6 is 11.3 Å². The van der Waals surface area contributed by atoms with Crippen molar-refractivity contribution in [1.82, 2.24) is 9.97 Å². The van der Waals surface area contributed by atoms with E-state index in [1.165, 1.54) is 17.7 Å². The predicted octanol–water partition coefficient (Wildman–Crippen LogP) is 4.53. The van der Waals surface area contributed by atoms with Crippen LogP contribution < -0.4 is 10.1 Å². The van der Waals surface area contributed by atoms with Gasteiger partial charge in [-0.1, -0.05) is 19.1 Å². The number of ether oxygens (including phenoxy) is 2. The molecule has 1 atom stereocenters. The van der Waals surface area contributed by atoms with Gasteiger partial charge in [-0.05, 0) is 36.8 Å². The number of methoxy groups -OCH3 is 1. The maximum absolute atomic E-state index is 12.7. The molecule has 0 fully saturated rings. The van der Waals surface area contributed by atoms with Gasteiger partial charge in [0.25, 0.3) is 5.91 Å². The Balaban J connectivity index is 1.43. The minimum Gasteiger partial charge on any atom is -0.497 e. The Morgan fingerprint density at radius 3 is 2.90 bits per heavy atom. The molecule has 0 saturated carbocycles. The summed E-state index contributed by atoms with van der Waals surface area (Å²) in [6, 6.07) is 12.3. The molecule has 1 amide bonds. The van der Waals surface area contributed by atoms with Crippen LogP contribution in [-0.4, -0.2) is 35.1 Å². The average Bonchev–Trinajstić information content (AvgIpc) is 3.46. The summed E-state index contributed by atoms with van der Waals surface area (Å²) in [6.07, 6.45) is 0.665. The van der Waals surface area contributed by atoms with Crippen molar-refractivity contribution in [2.24, 2.45) is 0 Å². The minimum atomic E-state index is -0.954. The molecule has 31 heavy (non-hydrogen) atoms. The van der Waals surface area contributed by atoms with Gasteiger partial charge in [-0.2, -0.15) is 0 Å². The summed E-state index contributed by atoms with van der Waals surface area (Å²) in [4.78, 5) is 33.6. The molecular formula is C22H19N3O5S. The lowest BCUT2D eigenvalue weighted by molar-refractivity contribution is -0.124. The molecule has 4 rings (SSSR count). The molecule has 2 aromatic carbocycles. The van der Waals surface area contributed by atoms with Gasteiger partial charge in [-0.15, -0.1) is 11.3 Å². The third-order valence-corrected chi connectivity index (χ3v) is 5.34. The van der Waals surface area contributed by atoms with Gasteiger partial charge in [0.05, 0.1) is 18.4 Å². The van der Waals surface area contributed by atoms with Crippen LogP contribution in [0.25, 0.3) is 22.4 Å². The van der Waals surface area contributed by atoms with Crippen molar-refractivity contribution in [3.8, 4) is 17.0 Å². The Morgan fingerprint density at radius 2 is 2.10 bits per heavy atom. The Morgan fingerprint density at radius 1 is 1.23 bits per heavy atom. The van der Waals surface area contributed by atoms with Gasteiger partial charge in [-0.3, -0.25) is 10.1 Å². The van der Waals surface area contributed by atoms with Crippen molar-refractivity contribution in [2.75, 3.05) is 12.4 Å². The topological polar surface area (TPSA) is 104 Å². The molecule has 2 aromatic heterocycles. The summed E-state index contributed by atoms with van der Waals surface area (Å²) in [5.41, 5.74) is 2.99. The molecule has 9 heteroatoms. The normalized spacial score (nSPS) is 11.8. The zero-order chi connectivity index (χ0) is 21.8. The van der Waals surface area contributed by atoms with Crippen molar-refractivity contribution in [1.29, 1.82) is 0 Å². The summed E-state index contributed by atoms with van der Waals surface area (Å²) < 4.78 is 15.8. The third kappa shape index (κ3) is 4.56. The lowest BCUT2D eigenvalue weighted by Gasteiger charge is -2.15. The van der Waals surface area contributed by atoms with E-state index in [1.54, 1.807) is 32.2 Å². The van der Waals surface area contributed by atoms with E-state index in [1.807, 2.05) is 29.6 Å². The van der Waals surface area contributed by atoms with E-state index >= 15 is 0 Å². The Labute approximate surface area is 181 Å². The molecule has 0 aliphatic rings. The predicted molar refractivity (Wildman–Crippen MR) is 116 cm³/mol. The molecular weight excluding hydrogens is 418 g/mol. The number of thiazole rings is 1. The number of nitrogens with zero attached hydrogens (tertiary/aromatic N) is 2. The fraction of sp³-hybridized carbons (Fsp3) is 0.182. The molecule has 158 valence electrons. The summed E-state index contributed by atoms with van der Waals surface area (Å²) in [7, 11) is 1.60. The van der Waals surface area contributed by atoms with E-state index < -0.39 is 18.0 Å². The Hall–Kier alpha value is -3.72. The first-order valence-corrected chi connectivity index (χ1v) is 10.4. The van der Waals surface area contributed by atoms with E-state index in [0.29, 0.717) is 33.9 Å². The van der Waals surface area contributed by atoms with Gasteiger partial charge in [0, 0.05) is 10.9 Å². The van der Waals surface area contributed by atoms with Crippen LogP contribution in [0.5, 0.6) is 5.75 Å². The zero-order valence-corrected chi connectivity index (χ0v) is 17.6. The molecule has 0 spiro atoms. The van der Waals surface area contributed by atoms with Gasteiger partial charge >= 0.3 is 5.97 Å². The summed E-state index contributed by atoms with van der Waals surface area (Å²) in [5.74, 6) is -0.328. The number of fused-ring (bicyclic) bond motifs is 1. The molecule has 0 radical (unpaired) electrons. The van der Waals surface area contributed by atoms with E-state index in [2.05, 4.69) is 15.3 Å². The van der Waals surface area contributed by atoms with Crippen LogP contribution in [0.2, 0.25) is 0 Å².